The number of benzene rings is 1. The van der Waals surface area contributed by atoms with Gasteiger partial charge in [-0.3, -0.25) is 9.59 Å². The standard InChI is InChI=1S/C14H10ClNO4/c15-8-3-4-9-10(6-8)16-13(18)14(9,19)7-11(17)12-2-1-5-20-12/h1-6,19H,7H2,(H,16,18)/t14-/m0/s1. The number of rotatable bonds is 3. The van der Waals surface area contributed by atoms with E-state index in [1.807, 2.05) is 0 Å². The Bertz CT molecular complexity index is 695. The van der Waals surface area contributed by atoms with Gasteiger partial charge < -0.3 is 14.8 Å². The summed E-state index contributed by atoms with van der Waals surface area (Å²) in [6.07, 6.45) is 0.973. The molecule has 0 spiro atoms. The number of Topliss-reactive ketones (excluding diaryl/α,β-unsaturated/α-hetero) is 1. The van der Waals surface area contributed by atoms with Crippen LogP contribution < -0.4 is 5.32 Å². The minimum atomic E-state index is -1.90. The average Bonchev–Trinajstić information content (AvgIpc) is 2.98. The molecule has 102 valence electrons. The Hall–Kier alpha value is -2.11. The quantitative estimate of drug-likeness (QED) is 0.851. The molecular formula is C14H10ClNO4. The molecule has 1 aliphatic heterocycles. The molecule has 1 aromatic heterocycles. The molecule has 1 atom stereocenters. The molecule has 2 aromatic rings. The van der Waals surface area contributed by atoms with Crippen LogP contribution >= 0.6 is 11.6 Å². The van der Waals surface area contributed by atoms with E-state index < -0.39 is 17.3 Å². The summed E-state index contributed by atoms with van der Waals surface area (Å²) in [5, 5.41) is 13.5. The van der Waals surface area contributed by atoms with Crippen molar-refractivity contribution >= 4 is 29.0 Å². The molecule has 5 nitrogen and oxygen atoms in total. The third-order valence-electron chi connectivity index (χ3n) is 3.26. The second-order valence-corrected chi connectivity index (χ2v) is 5.02. The minimum Gasteiger partial charge on any atom is -0.461 e. The molecule has 0 fully saturated rings. The van der Waals surface area contributed by atoms with Crippen molar-refractivity contribution < 1.29 is 19.1 Å². The topological polar surface area (TPSA) is 79.5 Å². The van der Waals surface area contributed by atoms with Gasteiger partial charge in [-0.15, -0.1) is 0 Å². The molecule has 2 N–H and O–H groups in total. The van der Waals surface area contributed by atoms with Crippen LogP contribution in [0, 0.1) is 0 Å². The molecule has 0 saturated heterocycles. The van der Waals surface area contributed by atoms with Gasteiger partial charge in [-0.2, -0.15) is 0 Å². The van der Waals surface area contributed by atoms with Crippen molar-refractivity contribution in [2.24, 2.45) is 0 Å². The summed E-state index contributed by atoms with van der Waals surface area (Å²) >= 11 is 5.84. The fourth-order valence-corrected chi connectivity index (χ4v) is 2.43. The lowest BCUT2D eigenvalue weighted by Gasteiger charge is -2.19. The van der Waals surface area contributed by atoms with Crippen LogP contribution in [0.3, 0.4) is 0 Å². The van der Waals surface area contributed by atoms with Crippen LogP contribution in [0.25, 0.3) is 0 Å². The summed E-state index contributed by atoms with van der Waals surface area (Å²) in [4.78, 5) is 24.0. The zero-order valence-corrected chi connectivity index (χ0v) is 11.0. The molecule has 0 bridgehead atoms. The highest BCUT2D eigenvalue weighted by atomic mass is 35.5. The molecule has 6 heteroatoms. The van der Waals surface area contributed by atoms with Crippen molar-refractivity contribution in [2.75, 3.05) is 5.32 Å². The molecule has 0 radical (unpaired) electrons. The molecule has 1 aliphatic rings. The van der Waals surface area contributed by atoms with Crippen LogP contribution in [-0.2, 0) is 10.4 Å². The number of halogens is 1. The number of carbonyl (C=O) groups is 2. The van der Waals surface area contributed by atoms with Crippen molar-refractivity contribution in [3.63, 3.8) is 0 Å². The van der Waals surface area contributed by atoms with Crippen LogP contribution in [0.1, 0.15) is 22.5 Å². The predicted molar refractivity (Wildman–Crippen MR) is 71.6 cm³/mol. The number of nitrogens with one attached hydrogen (secondary N) is 1. The lowest BCUT2D eigenvalue weighted by molar-refractivity contribution is -0.133. The van der Waals surface area contributed by atoms with Gasteiger partial charge in [-0.1, -0.05) is 17.7 Å². The number of aliphatic hydroxyl groups is 1. The Kier molecular flexibility index (Phi) is 2.88. The average molecular weight is 292 g/mol. The number of fused-ring (bicyclic) bond motifs is 1. The van der Waals surface area contributed by atoms with Crippen LogP contribution in [0.2, 0.25) is 5.02 Å². The van der Waals surface area contributed by atoms with Crippen LogP contribution in [0.15, 0.2) is 41.0 Å². The highest BCUT2D eigenvalue weighted by Crippen LogP contribution is 2.40. The van der Waals surface area contributed by atoms with Gasteiger partial charge >= 0.3 is 0 Å². The van der Waals surface area contributed by atoms with Gasteiger partial charge in [0.05, 0.1) is 12.7 Å². The Morgan fingerprint density at radius 1 is 1.40 bits per heavy atom. The summed E-state index contributed by atoms with van der Waals surface area (Å²) in [6.45, 7) is 0. The van der Waals surface area contributed by atoms with Gasteiger partial charge in [0.1, 0.15) is 0 Å². The molecular weight excluding hydrogens is 282 g/mol. The summed E-state index contributed by atoms with van der Waals surface area (Å²) in [5.74, 6) is -0.987. The van der Waals surface area contributed by atoms with E-state index in [-0.39, 0.29) is 12.2 Å². The van der Waals surface area contributed by atoms with Crippen LogP contribution in [0.4, 0.5) is 5.69 Å². The molecule has 1 amide bonds. The lowest BCUT2D eigenvalue weighted by Crippen LogP contribution is -2.36. The lowest BCUT2D eigenvalue weighted by atomic mass is 9.89. The van der Waals surface area contributed by atoms with Crippen molar-refractivity contribution in [1.82, 2.24) is 0 Å². The summed E-state index contributed by atoms with van der Waals surface area (Å²) in [6, 6.07) is 7.68. The number of ketones is 1. The number of amides is 1. The first-order chi connectivity index (χ1) is 9.50. The number of hydrogen-bond donors (Lipinski definition) is 2. The third-order valence-corrected chi connectivity index (χ3v) is 3.50. The zero-order chi connectivity index (χ0) is 14.3. The van der Waals surface area contributed by atoms with Crippen LogP contribution in [-0.4, -0.2) is 16.8 Å². The maximum Gasteiger partial charge on any atom is 0.261 e. The Morgan fingerprint density at radius 3 is 2.90 bits per heavy atom. The normalized spacial score (nSPS) is 20.6. The van der Waals surface area contributed by atoms with Gasteiger partial charge in [0.2, 0.25) is 5.78 Å². The fraction of sp³-hybridized carbons (Fsp3) is 0.143. The molecule has 0 aliphatic carbocycles. The number of anilines is 1. The molecule has 1 aromatic carbocycles. The van der Waals surface area contributed by atoms with Gasteiger partial charge in [-0.25, -0.2) is 0 Å². The highest BCUT2D eigenvalue weighted by Gasteiger charge is 2.47. The Labute approximate surface area is 119 Å². The maximum atomic E-state index is 12.0. The van der Waals surface area contributed by atoms with E-state index >= 15 is 0 Å². The summed E-state index contributed by atoms with van der Waals surface area (Å²) < 4.78 is 4.98. The number of carbonyl (C=O) groups excluding carboxylic acids is 2. The Balaban J connectivity index is 1.96. The van der Waals surface area contributed by atoms with E-state index in [1.54, 1.807) is 12.1 Å². The van der Waals surface area contributed by atoms with Crippen molar-refractivity contribution in [3.05, 3.63) is 52.9 Å². The number of furan rings is 1. The first kappa shape index (κ1) is 12.9. The molecule has 20 heavy (non-hydrogen) atoms. The van der Waals surface area contributed by atoms with E-state index in [9.17, 15) is 14.7 Å². The van der Waals surface area contributed by atoms with E-state index in [0.717, 1.165) is 0 Å². The summed E-state index contributed by atoms with van der Waals surface area (Å²) in [7, 11) is 0. The Morgan fingerprint density at radius 2 is 2.20 bits per heavy atom. The first-order valence-corrected chi connectivity index (χ1v) is 6.29. The van der Waals surface area contributed by atoms with Gasteiger partial charge in [0, 0.05) is 16.3 Å². The van der Waals surface area contributed by atoms with Crippen molar-refractivity contribution in [2.45, 2.75) is 12.0 Å². The second kappa shape index (κ2) is 4.47. The molecule has 0 unspecified atom stereocenters. The van der Waals surface area contributed by atoms with Gasteiger partial charge in [-0.05, 0) is 24.3 Å². The van der Waals surface area contributed by atoms with Crippen LogP contribution in [0.5, 0.6) is 0 Å². The fourth-order valence-electron chi connectivity index (χ4n) is 2.26. The third kappa shape index (κ3) is 1.92. The zero-order valence-electron chi connectivity index (χ0n) is 10.2. The molecule has 0 saturated carbocycles. The van der Waals surface area contributed by atoms with Gasteiger partial charge in [0.25, 0.3) is 5.91 Å². The smallest absolute Gasteiger partial charge is 0.261 e. The van der Waals surface area contributed by atoms with E-state index in [2.05, 4.69) is 5.32 Å². The predicted octanol–water partition coefficient (Wildman–Crippen LogP) is 2.35. The van der Waals surface area contributed by atoms with Gasteiger partial charge in [0.15, 0.2) is 11.4 Å². The SMILES string of the molecule is O=C(C[C@@]1(O)C(=O)Nc2cc(Cl)ccc21)c1ccco1. The van der Waals surface area contributed by atoms with Crippen molar-refractivity contribution in [3.8, 4) is 0 Å². The van der Waals surface area contributed by atoms with E-state index in [4.69, 9.17) is 16.0 Å². The van der Waals surface area contributed by atoms with E-state index in [0.29, 0.717) is 16.3 Å². The molecule has 3 rings (SSSR count). The minimum absolute atomic E-state index is 0.105. The summed E-state index contributed by atoms with van der Waals surface area (Å²) in [5.41, 5.74) is -1.15. The van der Waals surface area contributed by atoms with Crippen molar-refractivity contribution in [1.29, 1.82) is 0 Å². The second-order valence-electron chi connectivity index (χ2n) is 4.58. The largest absolute Gasteiger partial charge is 0.461 e. The number of hydrogen-bond acceptors (Lipinski definition) is 4. The monoisotopic (exact) mass is 291 g/mol. The van der Waals surface area contributed by atoms with E-state index in [1.165, 1.54) is 24.5 Å². The maximum absolute atomic E-state index is 12.0. The first-order valence-electron chi connectivity index (χ1n) is 5.91. The molecule has 2 heterocycles. The highest BCUT2D eigenvalue weighted by molar-refractivity contribution is 6.31.